The molecule has 3 heterocycles. The van der Waals surface area contributed by atoms with Gasteiger partial charge in [-0.2, -0.15) is 0 Å². The number of hydrogen-bond acceptors (Lipinski definition) is 6. The van der Waals surface area contributed by atoms with E-state index in [4.69, 9.17) is 32.9 Å². The summed E-state index contributed by atoms with van der Waals surface area (Å²) in [4.78, 5) is 41.4. The third kappa shape index (κ3) is 6.18. The second-order valence-electron chi connectivity index (χ2n) is 9.93. The van der Waals surface area contributed by atoms with Crippen molar-refractivity contribution < 1.29 is 14.3 Å². The molecule has 0 aliphatic carbocycles. The molecule has 0 radical (unpaired) electrons. The van der Waals surface area contributed by atoms with Crippen LogP contribution in [0.5, 0.6) is 5.88 Å². The molecule has 2 amide bonds. The van der Waals surface area contributed by atoms with Gasteiger partial charge in [-0.15, -0.1) is 0 Å². The lowest BCUT2D eigenvalue weighted by Crippen LogP contribution is -2.35. The Bertz CT molecular complexity index is 1720. The van der Waals surface area contributed by atoms with Gasteiger partial charge in [0.25, 0.3) is 11.5 Å². The summed E-state index contributed by atoms with van der Waals surface area (Å²) in [5, 5.41) is 9.76. The maximum Gasteiger partial charge on any atom is 0.263 e. The van der Waals surface area contributed by atoms with E-state index in [2.05, 4.69) is 16.0 Å². The molecule has 1 saturated heterocycles. The van der Waals surface area contributed by atoms with E-state index in [1.807, 2.05) is 30.3 Å². The van der Waals surface area contributed by atoms with Crippen molar-refractivity contribution in [2.45, 2.75) is 25.4 Å². The minimum Gasteiger partial charge on any atom is -0.481 e. The molecule has 11 heteroatoms. The maximum atomic E-state index is 12.9. The Morgan fingerprint density at radius 2 is 1.76 bits per heavy atom. The Labute approximate surface area is 252 Å². The number of nitrogens with zero attached hydrogens (tertiary/aromatic N) is 2. The molecular weight excluding hydrogens is 577 g/mol. The van der Waals surface area contributed by atoms with Crippen molar-refractivity contribution in [3.63, 3.8) is 0 Å². The van der Waals surface area contributed by atoms with Crippen LogP contribution in [0.2, 0.25) is 10.0 Å². The van der Waals surface area contributed by atoms with E-state index in [1.165, 1.54) is 10.6 Å². The normalized spacial score (nSPS) is 14.5. The fraction of sp³-hybridized carbons (Fsp3) is 0.226. The quantitative estimate of drug-likeness (QED) is 0.246. The summed E-state index contributed by atoms with van der Waals surface area (Å²) in [6.45, 7) is 1.19. The number of nitrogens with one attached hydrogen (secondary N) is 3. The van der Waals surface area contributed by atoms with Crippen LogP contribution in [0.3, 0.4) is 0 Å². The van der Waals surface area contributed by atoms with E-state index in [-0.39, 0.29) is 22.5 Å². The van der Waals surface area contributed by atoms with Crippen LogP contribution in [0, 0.1) is 0 Å². The van der Waals surface area contributed by atoms with Crippen LogP contribution < -0.4 is 26.2 Å². The Hall–Kier alpha value is -4.18. The minimum absolute atomic E-state index is 0.00507. The average molecular weight is 607 g/mol. The number of methoxy groups -OCH3 is 1. The number of carbonyl (C=O) groups is 2. The fourth-order valence-corrected chi connectivity index (χ4v) is 5.48. The summed E-state index contributed by atoms with van der Waals surface area (Å²) in [5.74, 6) is -0.0118. The summed E-state index contributed by atoms with van der Waals surface area (Å²) >= 11 is 13.7. The molecule has 1 fully saturated rings. The monoisotopic (exact) mass is 605 g/mol. The van der Waals surface area contributed by atoms with Gasteiger partial charge < -0.3 is 25.3 Å². The molecule has 0 spiro atoms. The summed E-state index contributed by atoms with van der Waals surface area (Å²) in [6, 6.07) is 17.8. The van der Waals surface area contributed by atoms with Crippen molar-refractivity contribution in [3.8, 4) is 28.3 Å². The van der Waals surface area contributed by atoms with E-state index in [9.17, 15) is 14.4 Å². The smallest absolute Gasteiger partial charge is 0.263 e. The average Bonchev–Trinajstić information content (AvgIpc) is 3.40. The first-order valence-electron chi connectivity index (χ1n) is 13.4. The molecule has 216 valence electrons. The van der Waals surface area contributed by atoms with Gasteiger partial charge in [0.05, 0.1) is 28.5 Å². The second-order valence-corrected chi connectivity index (χ2v) is 10.7. The van der Waals surface area contributed by atoms with Crippen LogP contribution in [-0.4, -0.2) is 41.1 Å². The number of pyridine rings is 2. The number of benzene rings is 2. The number of aromatic nitrogens is 2. The third-order valence-corrected chi connectivity index (χ3v) is 7.92. The largest absolute Gasteiger partial charge is 0.481 e. The van der Waals surface area contributed by atoms with Crippen LogP contribution in [0.1, 0.15) is 28.8 Å². The van der Waals surface area contributed by atoms with Gasteiger partial charge in [-0.1, -0.05) is 59.6 Å². The van der Waals surface area contributed by atoms with Crippen LogP contribution >= 0.6 is 23.2 Å². The SMILES string of the molecule is COc1nc(-c2cccc(-c3cccc(NC(=O)c4cccn(C)c4=O)c3Cl)c2Cl)ccc1CNC[C@@H]1CCC(=O)N1. The lowest BCUT2D eigenvalue weighted by atomic mass is 10.00. The summed E-state index contributed by atoms with van der Waals surface area (Å²) < 4.78 is 6.91. The van der Waals surface area contributed by atoms with Crippen molar-refractivity contribution in [2.24, 2.45) is 7.05 Å². The van der Waals surface area contributed by atoms with Gasteiger partial charge >= 0.3 is 0 Å². The zero-order valence-corrected chi connectivity index (χ0v) is 24.6. The first-order valence-corrected chi connectivity index (χ1v) is 14.1. The number of rotatable bonds is 9. The molecule has 4 aromatic rings. The predicted molar refractivity (Wildman–Crippen MR) is 164 cm³/mol. The van der Waals surface area contributed by atoms with Crippen LogP contribution in [0.25, 0.3) is 22.4 Å². The topological polar surface area (TPSA) is 114 Å². The lowest BCUT2D eigenvalue weighted by molar-refractivity contribution is -0.119. The number of ether oxygens (including phenoxy) is 1. The van der Waals surface area contributed by atoms with E-state index < -0.39 is 11.5 Å². The van der Waals surface area contributed by atoms with Crippen molar-refractivity contribution in [2.75, 3.05) is 19.0 Å². The van der Waals surface area contributed by atoms with Gasteiger partial charge in [0.1, 0.15) is 5.56 Å². The molecule has 2 aromatic heterocycles. The van der Waals surface area contributed by atoms with Gasteiger partial charge in [0, 0.05) is 61.1 Å². The molecular formula is C31H29Cl2N5O4. The van der Waals surface area contributed by atoms with Gasteiger partial charge in [-0.3, -0.25) is 14.4 Å². The van der Waals surface area contributed by atoms with Crippen LogP contribution in [0.4, 0.5) is 5.69 Å². The zero-order valence-electron chi connectivity index (χ0n) is 23.0. The molecule has 1 aliphatic rings. The molecule has 3 N–H and O–H groups in total. The summed E-state index contributed by atoms with van der Waals surface area (Å²) in [5.41, 5.74) is 3.36. The Morgan fingerprint density at radius 1 is 1.02 bits per heavy atom. The van der Waals surface area contributed by atoms with Crippen molar-refractivity contribution in [3.05, 3.63) is 98.4 Å². The number of anilines is 1. The highest BCUT2D eigenvalue weighted by molar-refractivity contribution is 6.39. The Morgan fingerprint density at radius 3 is 2.50 bits per heavy atom. The van der Waals surface area contributed by atoms with Gasteiger partial charge in [-0.25, -0.2) is 4.98 Å². The van der Waals surface area contributed by atoms with E-state index >= 15 is 0 Å². The van der Waals surface area contributed by atoms with E-state index in [1.54, 1.807) is 44.6 Å². The highest BCUT2D eigenvalue weighted by Gasteiger charge is 2.21. The molecule has 0 bridgehead atoms. The van der Waals surface area contributed by atoms with Crippen LogP contribution in [-0.2, 0) is 18.4 Å². The molecule has 0 saturated carbocycles. The van der Waals surface area contributed by atoms with Gasteiger partial charge in [0.15, 0.2) is 0 Å². The second kappa shape index (κ2) is 12.8. The fourth-order valence-electron chi connectivity index (χ4n) is 4.88. The number of halogens is 2. The molecule has 1 aliphatic heterocycles. The Kier molecular flexibility index (Phi) is 8.91. The van der Waals surface area contributed by atoms with Gasteiger partial charge in [-0.05, 0) is 30.7 Å². The summed E-state index contributed by atoms with van der Waals surface area (Å²) in [7, 11) is 3.14. The lowest BCUT2D eigenvalue weighted by Gasteiger charge is -2.16. The number of carbonyl (C=O) groups excluding carboxylic acids is 2. The first kappa shape index (κ1) is 29.3. The molecule has 9 nitrogen and oxygen atoms in total. The molecule has 2 aromatic carbocycles. The highest BCUT2D eigenvalue weighted by atomic mass is 35.5. The van der Waals surface area contributed by atoms with E-state index in [0.29, 0.717) is 58.5 Å². The summed E-state index contributed by atoms with van der Waals surface area (Å²) in [6.07, 6.45) is 2.96. The van der Waals surface area contributed by atoms with Crippen molar-refractivity contribution in [1.29, 1.82) is 0 Å². The number of hydrogen-bond donors (Lipinski definition) is 3. The predicted octanol–water partition coefficient (Wildman–Crippen LogP) is 5.05. The Balaban J connectivity index is 1.38. The number of amides is 2. The number of aryl methyl sites for hydroxylation is 1. The van der Waals surface area contributed by atoms with Crippen molar-refractivity contribution in [1.82, 2.24) is 20.2 Å². The third-order valence-electron chi connectivity index (χ3n) is 7.10. The maximum absolute atomic E-state index is 12.9. The molecule has 0 unspecified atom stereocenters. The van der Waals surface area contributed by atoms with E-state index in [0.717, 1.165) is 12.0 Å². The van der Waals surface area contributed by atoms with Crippen LogP contribution in [0.15, 0.2) is 71.7 Å². The first-order chi connectivity index (χ1) is 20.3. The standard InChI is InChI=1S/C31H29Cl2N5O4/c1-38-15-5-9-23(31(38)41)29(40)36-25-10-4-7-21(28(25)33)20-6-3-8-22(27(20)32)24-13-11-18(30(37-24)42-2)16-34-17-19-12-14-26(39)35-19/h3-11,13,15,19,34H,12,14,16-17H2,1-2H3,(H,35,39)(H,36,40)/t19-/m0/s1. The molecule has 1 atom stereocenters. The molecule has 5 rings (SSSR count). The zero-order chi connectivity index (χ0) is 29.8. The van der Waals surface area contributed by atoms with Gasteiger partial charge in [0.2, 0.25) is 11.8 Å². The highest BCUT2D eigenvalue weighted by Crippen LogP contribution is 2.41. The van der Waals surface area contributed by atoms with Crippen molar-refractivity contribution >= 4 is 40.7 Å². The minimum atomic E-state index is -0.561. The molecule has 42 heavy (non-hydrogen) atoms.